The van der Waals surface area contributed by atoms with E-state index in [0.29, 0.717) is 6.61 Å². The maximum absolute atomic E-state index is 11.5. The predicted octanol–water partition coefficient (Wildman–Crippen LogP) is 3.64. The lowest BCUT2D eigenvalue weighted by Crippen LogP contribution is -2.31. The molecule has 0 amide bonds. The summed E-state index contributed by atoms with van der Waals surface area (Å²) in [6.07, 6.45) is 0. The maximum atomic E-state index is 11.5. The summed E-state index contributed by atoms with van der Waals surface area (Å²) < 4.78 is 4.88. The molecule has 0 heterocycles. The van der Waals surface area contributed by atoms with Gasteiger partial charge in [0.05, 0.1) is 12.6 Å². The molecule has 1 unspecified atom stereocenters. The fraction of sp³-hybridized carbons (Fsp3) is 0.286. The average Bonchev–Trinajstić information content (AvgIpc) is 2.61. The molecule has 0 aliphatic carbocycles. The molecule has 0 aliphatic rings. The Hall–Kier alpha value is -2.57. The van der Waals surface area contributed by atoms with Crippen LogP contribution < -0.4 is 0 Å². The molecular weight excluding hydrogens is 298 g/mol. The van der Waals surface area contributed by atoms with Gasteiger partial charge in [-0.2, -0.15) is 0 Å². The molecule has 0 bridgehead atoms. The average molecular weight is 321 g/mol. The smallest absolute Gasteiger partial charge is 0.384 e. The molecule has 0 aromatic heterocycles. The highest BCUT2D eigenvalue weighted by atomic mass is 16.5. The number of rotatable bonds is 6. The van der Waals surface area contributed by atoms with E-state index in [1.807, 2.05) is 43.3 Å². The molecule has 24 heavy (non-hydrogen) atoms. The van der Waals surface area contributed by atoms with E-state index in [4.69, 9.17) is 4.74 Å². The quantitative estimate of drug-likeness (QED) is 0.462. The number of hydrogen-bond donors (Lipinski definition) is 0. The summed E-state index contributed by atoms with van der Waals surface area (Å²) in [6, 6.07) is 20.5. The summed E-state index contributed by atoms with van der Waals surface area (Å²) in [5.74, 6) is 5.12. The number of nitrogens with zero attached hydrogens (tertiary/aromatic N) is 1. The van der Waals surface area contributed by atoms with E-state index in [9.17, 15) is 4.79 Å². The van der Waals surface area contributed by atoms with Crippen molar-refractivity contribution < 1.29 is 9.53 Å². The molecule has 0 spiro atoms. The zero-order chi connectivity index (χ0) is 17.2. The van der Waals surface area contributed by atoms with Gasteiger partial charge in [-0.15, -0.1) is 0 Å². The first-order chi connectivity index (χ1) is 11.7. The van der Waals surface area contributed by atoms with E-state index in [1.54, 1.807) is 6.92 Å². The molecule has 0 radical (unpaired) electrons. The van der Waals surface area contributed by atoms with Crippen molar-refractivity contribution in [1.29, 1.82) is 0 Å². The summed E-state index contributed by atoms with van der Waals surface area (Å²) in [7, 11) is 0. The lowest BCUT2D eigenvalue weighted by Gasteiger charge is -2.26. The van der Waals surface area contributed by atoms with Gasteiger partial charge in [-0.3, -0.25) is 4.90 Å². The second-order valence-electron chi connectivity index (χ2n) is 5.54. The number of ether oxygens (including phenoxy) is 1. The van der Waals surface area contributed by atoms with Crippen LogP contribution in [0.3, 0.4) is 0 Å². The largest absolute Gasteiger partial charge is 0.456 e. The van der Waals surface area contributed by atoms with Gasteiger partial charge in [0.1, 0.15) is 0 Å². The van der Waals surface area contributed by atoms with Gasteiger partial charge in [-0.25, -0.2) is 4.79 Å². The highest BCUT2D eigenvalue weighted by Gasteiger charge is 2.13. The van der Waals surface area contributed by atoms with Crippen LogP contribution >= 0.6 is 0 Å². The molecule has 3 nitrogen and oxygen atoms in total. The molecule has 0 N–H and O–H groups in total. The van der Waals surface area contributed by atoms with Gasteiger partial charge in [0.2, 0.25) is 0 Å². The number of carbonyl (C=O) groups is 1. The Balaban J connectivity index is 2.13. The Kier molecular flexibility index (Phi) is 7.07. The fourth-order valence-electron chi connectivity index (χ4n) is 2.39. The Morgan fingerprint density at radius 1 is 1.00 bits per heavy atom. The van der Waals surface area contributed by atoms with Gasteiger partial charge < -0.3 is 4.74 Å². The molecule has 0 saturated carbocycles. The second kappa shape index (κ2) is 9.54. The first kappa shape index (κ1) is 17.8. The van der Waals surface area contributed by atoms with Crippen LogP contribution in [0, 0.1) is 11.8 Å². The van der Waals surface area contributed by atoms with Crippen molar-refractivity contribution in [3.05, 3.63) is 71.8 Å². The first-order valence-corrected chi connectivity index (χ1v) is 8.19. The summed E-state index contributed by atoms with van der Waals surface area (Å²) in [5, 5.41) is 0. The summed E-state index contributed by atoms with van der Waals surface area (Å²) in [4.78, 5) is 13.7. The summed E-state index contributed by atoms with van der Waals surface area (Å²) in [5.41, 5.74) is 2.44. The lowest BCUT2D eigenvalue weighted by atomic mass is 10.1. The molecule has 2 rings (SSSR count). The van der Waals surface area contributed by atoms with Gasteiger partial charge >= 0.3 is 5.97 Å². The zero-order valence-electron chi connectivity index (χ0n) is 14.2. The minimum atomic E-state index is -0.469. The van der Waals surface area contributed by atoms with Crippen molar-refractivity contribution in [2.75, 3.05) is 6.61 Å². The van der Waals surface area contributed by atoms with E-state index >= 15 is 0 Å². The van der Waals surface area contributed by atoms with Crippen LogP contribution in [-0.2, 0) is 22.6 Å². The standard InChI is InChI=1S/C21H23NO2/c1-3-24-21(23)15-14-18(2)22(16-19-10-6-4-7-11-19)17-20-12-8-5-9-13-20/h4-13,18H,3,16-17H2,1-2H3. The summed E-state index contributed by atoms with van der Waals surface area (Å²) in [6.45, 7) is 5.68. The Bertz CT molecular complexity index is 645. The second-order valence-corrected chi connectivity index (χ2v) is 5.54. The molecule has 3 heteroatoms. The van der Waals surface area contributed by atoms with Crippen molar-refractivity contribution in [3.63, 3.8) is 0 Å². The van der Waals surface area contributed by atoms with Gasteiger partial charge in [0.15, 0.2) is 0 Å². The van der Waals surface area contributed by atoms with Crippen LogP contribution in [0.5, 0.6) is 0 Å². The van der Waals surface area contributed by atoms with E-state index in [0.717, 1.165) is 13.1 Å². The van der Waals surface area contributed by atoms with Gasteiger partial charge in [0, 0.05) is 19.0 Å². The SMILES string of the molecule is CCOC(=O)C#CC(C)N(Cc1ccccc1)Cc1ccccc1. The van der Waals surface area contributed by atoms with Crippen molar-refractivity contribution in [3.8, 4) is 11.8 Å². The highest BCUT2D eigenvalue weighted by Crippen LogP contribution is 2.13. The van der Waals surface area contributed by atoms with E-state index < -0.39 is 5.97 Å². The van der Waals surface area contributed by atoms with Gasteiger partial charge in [-0.1, -0.05) is 66.6 Å². The Labute approximate surface area is 144 Å². The Morgan fingerprint density at radius 3 is 1.96 bits per heavy atom. The lowest BCUT2D eigenvalue weighted by molar-refractivity contribution is -0.136. The van der Waals surface area contributed by atoms with Crippen molar-refractivity contribution in [1.82, 2.24) is 4.90 Å². The van der Waals surface area contributed by atoms with Crippen LogP contribution in [-0.4, -0.2) is 23.5 Å². The van der Waals surface area contributed by atoms with Crippen LogP contribution in [0.15, 0.2) is 60.7 Å². The van der Waals surface area contributed by atoms with Crippen molar-refractivity contribution in [2.45, 2.75) is 33.0 Å². The maximum Gasteiger partial charge on any atom is 0.384 e. The monoisotopic (exact) mass is 321 g/mol. The van der Waals surface area contributed by atoms with Crippen LogP contribution in [0.1, 0.15) is 25.0 Å². The topological polar surface area (TPSA) is 29.5 Å². The first-order valence-electron chi connectivity index (χ1n) is 8.19. The molecule has 1 atom stereocenters. The van der Waals surface area contributed by atoms with E-state index in [-0.39, 0.29) is 6.04 Å². The molecular formula is C21H23NO2. The molecule has 0 aliphatic heterocycles. The Morgan fingerprint density at radius 2 is 1.50 bits per heavy atom. The predicted molar refractivity (Wildman–Crippen MR) is 96.0 cm³/mol. The van der Waals surface area contributed by atoms with Crippen molar-refractivity contribution in [2.24, 2.45) is 0 Å². The number of carbonyl (C=O) groups excluding carboxylic acids is 1. The third kappa shape index (κ3) is 5.91. The third-order valence-electron chi connectivity index (χ3n) is 3.66. The van der Waals surface area contributed by atoms with Crippen molar-refractivity contribution >= 4 is 5.97 Å². The molecule has 0 fully saturated rings. The molecule has 0 saturated heterocycles. The van der Waals surface area contributed by atoms with Gasteiger partial charge in [0.25, 0.3) is 0 Å². The number of esters is 1. The third-order valence-corrected chi connectivity index (χ3v) is 3.66. The molecule has 2 aromatic rings. The van der Waals surface area contributed by atoms with Gasteiger partial charge in [-0.05, 0) is 25.0 Å². The molecule has 2 aromatic carbocycles. The number of benzene rings is 2. The zero-order valence-corrected chi connectivity index (χ0v) is 14.2. The highest BCUT2D eigenvalue weighted by molar-refractivity contribution is 5.88. The minimum absolute atomic E-state index is 0.0604. The van der Waals surface area contributed by atoms with Crippen LogP contribution in [0.2, 0.25) is 0 Å². The van der Waals surface area contributed by atoms with Crippen LogP contribution in [0.25, 0.3) is 0 Å². The minimum Gasteiger partial charge on any atom is -0.456 e. The fourth-order valence-corrected chi connectivity index (χ4v) is 2.39. The van der Waals surface area contributed by atoms with E-state index in [1.165, 1.54) is 11.1 Å². The van der Waals surface area contributed by atoms with E-state index in [2.05, 4.69) is 41.0 Å². The van der Waals surface area contributed by atoms with Crippen LogP contribution in [0.4, 0.5) is 0 Å². The summed E-state index contributed by atoms with van der Waals surface area (Å²) >= 11 is 0. The normalized spacial score (nSPS) is 11.5. The molecule has 124 valence electrons. The number of hydrogen-bond acceptors (Lipinski definition) is 3.